The lowest BCUT2D eigenvalue weighted by Gasteiger charge is -2.18. The van der Waals surface area contributed by atoms with Crippen LogP contribution in [0.3, 0.4) is 0 Å². The van der Waals surface area contributed by atoms with E-state index in [4.69, 9.17) is 5.11 Å². The van der Waals surface area contributed by atoms with Gasteiger partial charge in [0.2, 0.25) is 0 Å². The molecular formula is C14H19NO2. The van der Waals surface area contributed by atoms with Crippen LogP contribution in [0, 0.1) is 5.92 Å². The number of benzene rings is 1. The third kappa shape index (κ3) is 3.07. The van der Waals surface area contributed by atoms with Gasteiger partial charge in [0, 0.05) is 13.1 Å². The van der Waals surface area contributed by atoms with Crippen LogP contribution in [0.1, 0.15) is 24.8 Å². The molecule has 0 aromatic heterocycles. The van der Waals surface area contributed by atoms with Gasteiger partial charge in [0.05, 0.1) is 5.92 Å². The highest BCUT2D eigenvalue weighted by Crippen LogP contribution is 2.27. The van der Waals surface area contributed by atoms with Gasteiger partial charge < -0.3 is 10.0 Å². The number of carboxylic acids is 1. The molecule has 17 heavy (non-hydrogen) atoms. The van der Waals surface area contributed by atoms with Crippen LogP contribution in [0.5, 0.6) is 0 Å². The number of aliphatic carboxylic acids is 1. The van der Waals surface area contributed by atoms with Crippen LogP contribution in [0.15, 0.2) is 30.3 Å². The van der Waals surface area contributed by atoms with E-state index < -0.39 is 5.97 Å². The van der Waals surface area contributed by atoms with Crippen molar-refractivity contribution in [2.75, 3.05) is 19.6 Å². The molecule has 1 aliphatic rings. The summed E-state index contributed by atoms with van der Waals surface area (Å²) < 4.78 is 0. The number of carbonyl (C=O) groups is 1. The zero-order chi connectivity index (χ0) is 12.3. The van der Waals surface area contributed by atoms with Crippen LogP contribution < -0.4 is 0 Å². The van der Waals surface area contributed by atoms with Gasteiger partial charge in [0.15, 0.2) is 0 Å². The van der Waals surface area contributed by atoms with E-state index in [1.165, 1.54) is 5.56 Å². The number of hydrogen-bond acceptors (Lipinski definition) is 2. The average Bonchev–Trinajstić information content (AvgIpc) is 2.78. The summed E-state index contributed by atoms with van der Waals surface area (Å²) in [6.45, 7) is 4.44. The maximum Gasteiger partial charge on any atom is 0.307 e. The zero-order valence-corrected chi connectivity index (χ0v) is 10.2. The molecule has 1 saturated heterocycles. The second-order valence-electron chi connectivity index (χ2n) is 4.90. The first-order chi connectivity index (χ1) is 8.16. The highest BCUT2D eigenvalue weighted by molar-refractivity contribution is 5.69. The van der Waals surface area contributed by atoms with Crippen LogP contribution in [0.2, 0.25) is 0 Å². The van der Waals surface area contributed by atoms with Crippen molar-refractivity contribution >= 4 is 5.97 Å². The summed E-state index contributed by atoms with van der Waals surface area (Å²) in [5.74, 6) is -0.408. The predicted molar refractivity (Wildman–Crippen MR) is 67.0 cm³/mol. The number of nitrogens with zero attached hydrogens (tertiary/aromatic N) is 1. The van der Waals surface area contributed by atoms with E-state index in [2.05, 4.69) is 29.2 Å². The van der Waals surface area contributed by atoms with Gasteiger partial charge >= 0.3 is 5.97 Å². The van der Waals surface area contributed by atoms with Gasteiger partial charge in [-0.3, -0.25) is 4.79 Å². The van der Waals surface area contributed by atoms with Gasteiger partial charge in [-0.2, -0.15) is 0 Å². The molecule has 1 heterocycles. The van der Waals surface area contributed by atoms with Gasteiger partial charge in [-0.25, -0.2) is 0 Å². The summed E-state index contributed by atoms with van der Waals surface area (Å²) in [4.78, 5) is 13.1. The molecule has 3 heteroatoms. The number of hydrogen-bond donors (Lipinski definition) is 1. The van der Waals surface area contributed by atoms with E-state index in [0.29, 0.717) is 12.5 Å². The Hall–Kier alpha value is -1.35. The maximum atomic E-state index is 10.8. The van der Waals surface area contributed by atoms with Crippen LogP contribution in [0.25, 0.3) is 0 Å². The molecule has 1 N–H and O–H groups in total. The van der Waals surface area contributed by atoms with Crippen LogP contribution >= 0.6 is 0 Å². The lowest BCUT2D eigenvalue weighted by molar-refractivity contribution is -0.141. The van der Waals surface area contributed by atoms with E-state index in [1.807, 2.05) is 6.07 Å². The Morgan fingerprint density at radius 1 is 1.47 bits per heavy atom. The third-order valence-corrected chi connectivity index (χ3v) is 3.50. The molecule has 2 atom stereocenters. The fraction of sp³-hybridized carbons (Fsp3) is 0.500. The monoisotopic (exact) mass is 233 g/mol. The average molecular weight is 233 g/mol. The first-order valence-electron chi connectivity index (χ1n) is 6.17. The summed E-state index contributed by atoms with van der Waals surface area (Å²) in [6.07, 6.45) is 1.14. The largest absolute Gasteiger partial charge is 0.481 e. The molecule has 1 aliphatic heterocycles. The van der Waals surface area contributed by atoms with Crippen LogP contribution in [0.4, 0.5) is 0 Å². The Morgan fingerprint density at radius 3 is 2.82 bits per heavy atom. The molecule has 1 aromatic carbocycles. The number of rotatable bonds is 4. The first-order valence-corrected chi connectivity index (χ1v) is 6.17. The van der Waals surface area contributed by atoms with Crippen LogP contribution in [-0.2, 0) is 4.79 Å². The van der Waals surface area contributed by atoms with E-state index in [9.17, 15) is 4.79 Å². The molecular weight excluding hydrogens is 214 g/mol. The second kappa shape index (κ2) is 5.32. The lowest BCUT2D eigenvalue weighted by Crippen LogP contribution is -2.29. The molecule has 92 valence electrons. The highest BCUT2D eigenvalue weighted by Gasteiger charge is 2.26. The van der Waals surface area contributed by atoms with Crippen molar-refractivity contribution in [3.8, 4) is 0 Å². The molecule has 0 radical (unpaired) electrons. The first kappa shape index (κ1) is 12.1. The summed E-state index contributed by atoms with van der Waals surface area (Å²) in [5.41, 5.74) is 1.37. The van der Waals surface area contributed by atoms with E-state index in [-0.39, 0.29) is 5.92 Å². The molecule has 0 spiro atoms. The van der Waals surface area contributed by atoms with Gasteiger partial charge in [0.25, 0.3) is 0 Å². The molecule has 0 aliphatic carbocycles. The van der Waals surface area contributed by atoms with Crippen molar-refractivity contribution in [2.24, 2.45) is 5.92 Å². The van der Waals surface area contributed by atoms with Gasteiger partial charge in [-0.15, -0.1) is 0 Å². The molecule has 0 bridgehead atoms. The Bertz CT molecular complexity index is 377. The van der Waals surface area contributed by atoms with Crippen molar-refractivity contribution in [3.63, 3.8) is 0 Å². The number of likely N-dealkylation sites (tertiary alicyclic amines) is 1. The predicted octanol–water partition coefficient (Wildman–Crippen LogP) is 2.20. The summed E-state index contributed by atoms with van der Waals surface area (Å²) in [7, 11) is 0. The Balaban J connectivity index is 1.90. The molecule has 1 fully saturated rings. The molecule has 2 unspecified atom stereocenters. The number of carboxylic acid groups (broad SMARTS) is 1. The van der Waals surface area contributed by atoms with E-state index in [0.717, 1.165) is 19.5 Å². The summed E-state index contributed by atoms with van der Waals surface area (Å²) >= 11 is 0. The maximum absolute atomic E-state index is 10.8. The minimum absolute atomic E-state index is 0.274. The van der Waals surface area contributed by atoms with Gasteiger partial charge in [0.1, 0.15) is 0 Å². The van der Waals surface area contributed by atoms with Gasteiger partial charge in [-0.05, 0) is 24.4 Å². The Morgan fingerprint density at radius 2 is 2.18 bits per heavy atom. The topological polar surface area (TPSA) is 40.5 Å². The second-order valence-corrected chi connectivity index (χ2v) is 4.90. The van der Waals surface area contributed by atoms with Crippen molar-refractivity contribution in [1.29, 1.82) is 0 Å². The standard InChI is InChI=1S/C14H19NO2/c1-11(14(16)17)9-15-8-7-13(10-15)12-5-3-2-4-6-12/h2-6,11,13H,7-10H2,1H3,(H,16,17). The van der Waals surface area contributed by atoms with Crippen molar-refractivity contribution in [3.05, 3.63) is 35.9 Å². The summed E-state index contributed by atoms with van der Waals surface area (Å²) in [5, 5.41) is 8.90. The fourth-order valence-electron chi connectivity index (χ4n) is 2.46. The van der Waals surface area contributed by atoms with E-state index in [1.54, 1.807) is 6.92 Å². The van der Waals surface area contributed by atoms with Crippen molar-refractivity contribution < 1.29 is 9.90 Å². The van der Waals surface area contributed by atoms with Gasteiger partial charge in [-0.1, -0.05) is 37.3 Å². The molecule has 0 saturated carbocycles. The quantitative estimate of drug-likeness (QED) is 0.866. The van der Waals surface area contributed by atoms with Crippen molar-refractivity contribution in [2.45, 2.75) is 19.3 Å². The third-order valence-electron chi connectivity index (χ3n) is 3.50. The molecule has 2 rings (SSSR count). The molecule has 3 nitrogen and oxygen atoms in total. The lowest BCUT2D eigenvalue weighted by atomic mass is 9.99. The van der Waals surface area contributed by atoms with Crippen molar-refractivity contribution in [1.82, 2.24) is 4.90 Å². The smallest absolute Gasteiger partial charge is 0.307 e. The SMILES string of the molecule is CC(CN1CCC(c2ccccc2)C1)C(=O)O. The summed E-state index contributed by atoms with van der Waals surface area (Å²) in [6, 6.07) is 10.5. The molecule has 0 amide bonds. The molecule has 1 aromatic rings. The minimum Gasteiger partial charge on any atom is -0.481 e. The highest BCUT2D eigenvalue weighted by atomic mass is 16.4. The Kier molecular flexibility index (Phi) is 3.79. The fourth-order valence-corrected chi connectivity index (χ4v) is 2.46. The van der Waals surface area contributed by atoms with Crippen LogP contribution in [-0.4, -0.2) is 35.6 Å². The normalized spacial score (nSPS) is 22.5. The zero-order valence-electron chi connectivity index (χ0n) is 10.2. The van der Waals surface area contributed by atoms with E-state index >= 15 is 0 Å². The minimum atomic E-state index is -0.701. The Labute approximate surface area is 102 Å².